The maximum absolute atomic E-state index is 12.9. The maximum Gasteiger partial charge on any atom is 0.236 e. The molecule has 1 aromatic carbocycles. The highest BCUT2D eigenvalue weighted by molar-refractivity contribution is 5.78. The third kappa shape index (κ3) is 5.42. The average molecular weight is 385 g/mol. The van der Waals surface area contributed by atoms with E-state index in [0.29, 0.717) is 32.2 Å². The highest BCUT2D eigenvalue weighted by Gasteiger charge is 2.29. The molecule has 1 aliphatic heterocycles. The van der Waals surface area contributed by atoms with Crippen LogP contribution in [0.3, 0.4) is 0 Å². The lowest BCUT2D eigenvalue weighted by Gasteiger charge is -2.26. The number of hydrogen-bond donors (Lipinski definition) is 0. The number of aromatic nitrogens is 2. The molecule has 6 heteroatoms. The van der Waals surface area contributed by atoms with Gasteiger partial charge in [-0.05, 0) is 18.4 Å². The highest BCUT2D eigenvalue weighted by atomic mass is 16.5. The number of hydrogen-bond acceptors (Lipinski definition) is 4. The monoisotopic (exact) mass is 384 g/mol. The molecule has 1 amide bonds. The van der Waals surface area contributed by atoms with Crippen LogP contribution < -0.4 is 0 Å². The minimum absolute atomic E-state index is 0.0117. The van der Waals surface area contributed by atoms with Crippen LogP contribution in [-0.2, 0) is 29.7 Å². The van der Waals surface area contributed by atoms with Gasteiger partial charge < -0.3 is 9.64 Å². The van der Waals surface area contributed by atoms with Gasteiger partial charge in [0.2, 0.25) is 5.91 Å². The van der Waals surface area contributed by atoms with E-state index in [0.717, 1.165) is 29.9 Å². The highest BCUT2D eigenvalue weighted by Crippen LogP contribution is 2.16. The van der Waals surface area contributed by atoms with Crippen LogP contribution in [0.5, 0.6) is 0 Å². The molecule has 3 rings (SSSR count). The Morgan fingerprint density at radius 3 is 2.61 bits per heavy atom. The number of amides is 1. The van der Waals surface area contributed by atoms with Gasteiger partial charge in [0.1, 0.15) is 0 Å². The van der Waals surface area contributed by atoms with Crippen molar-refractivity contribution in [2.24, 2.45) is 13.0 Å². The Balaban J connectivity index is 1.71. The van der Waals surface area contributed by atoms with Gasteiger partial charge in [-0.15, -0.1) is 0 Å². The first kappa shape index (κ1) is 20.6. The fourth-order valence-electron chi connectivity index (χ4n) is 3.62. The first-order chi connectivity index (χ1) is 13.4. The largest absolute Gasteiger partial charge is 0.370 e. The lowest BCUT2D eigenvalue weighted by atomic mass is 10.2. The summed E-state index contributed by atoms with van der Waals surface area (Å²) in [5.41, 5.74) is 3.45. The molecule has 1 fully saturated rings. The minimum Gasteiger partial charge on any atom is -0.370 e. The van der Waals surface area contributed by atoms with Gasteiger partial charge in [-0.2, -0.15) is 5.10 Å². The first-order valence-electron chi connectivity index (χ1n) is 10.1. The molecular weight excluding hydrogens is 352 g/mol. The van der Waals surface area contributed by atoms with Gasteiger partial charge in [0.25, 0.3) is 0 Å². The molecule has 0 saturated carbocycles. The molecule has 1 atom stereocenters. The smallest absolute Gasteiger partial charge is 0.236 e. The molecule has 0 aliphatic carbocycles. The maximum atomic E-state index is 12.9. The van der Waals surface area contributed by atoms with Gasteiger partial charge in [-0.1, -0.05) is 44.2 Å². The van der Waals surface area contributed by atoms with Crippen molar-refractivity contribution < 1.29 is 9.53 Å². The van der Waals surface area contributed by atoms with Crippen molar-refractivity contribution in [3.05, 3.63) is 53.3 Å². The Labute approximate surface area is 168 Å². The predicted octanol–water partition coefficient (Wildman–Crippen LogP) is 2.61. The van der Waals surface area contributed by atoms with Crippen LogP contribution in [0.2, 0.25) is 0 Å². The summed E-state index contributed by atoms with van der Waals surface area (Å²) in [6.07, 6.45) is 1.89. The van der Waals surface area contributed by atoms with E-state index < -0.39 is 0 Å². The Hall–Kier alpha value is -2.18. The zero-order valence-corrected chi connectivity index (χ0v) is 17.5. The van der Waals surface area contributed by atoms with E-state index in [9.17, 15) is 4.79 Å². The number of rotatable bonds is 7. The zero-order valence-electron chi connectivity index (χ0n) is 17.5. The molecule has 0 radical (unpaired) electrons. The molecule has 0 spiro atoms. The van der Waals surface area contributed by atoms with Crippen molar-refractivity contribution in [1.29, 1.82) is 0 Å². The molecule has 28 heavy (non-hydrogen) atoms. The van der Waals surface area contributed by atoms with Crippen molar-refractivity contribution >= 4 is 5.91 Å². The van der Waals surface area contributed by atoms with Crippen LogP contribution in [0.25, 0.3) is 0 Å². The lowest BCUT2D eigenvalue weighted by Crippen LogP contribution is -2.40. The number of benzene rings is 1. The fourth-order valence-corrected chi connectivity index (χ4v) is 3.62. The number of nitrogens with zero attached hydrogens (tertiary/aromatic N) is 4. The van der Waals surface area contributed by atoms with Gasteiger partial charge in [0.05, 0.1) is 25.5 Å². The molecule has 0 bridgehead atoms. The molecule has 1 unspecified atom stereocenters. The lowest BCUT2D eigenvalue weighted by molar-refractivity contribution is -0.132. The van der Waals surface area contributed by atoms with Crippen LogP contribution in [-0.4, -0.2) is 57.8 Å². The van der Waals surface area contributed by atoms with Gasteiger partial charge in [-0.25, -0.2) is 0 Å². The predicted molar refractivity (Wildman–Crippen MR) is 110 cm³/mol. The van der Waals surface area contributed by atoms with Crippen LogP contribution in [0.4, 0.5) is 0 Å². The standard InChI is InChI=1S/C22H32N4O2/c1-17(2)11-26-14-21(28-16-19-8-6-5-7-9-19)13-25(15-22(26)27)12-20-10-23-24(4)18(20)3/h5-10,17,21H,11-16H2,1-4H3. The van der Waals surface area contributed by atoms with Crippen molar-refractivity contribution in [1.82, 2.24) is 19.6 Å². The minimum atomic E-state index is -0.0117. The quantitative estimate of drug-likeness (QED) is 0.736. The third-order valence-corrected chi connectivity index (χ3v) is 5.24. The van der Waals surface area contributed by atoms with Crippen molar-refractivity contribution in [3.63, 3.8) is 0 Å². The van der Waals surface area contributed by atoms with E-state index in [2.05, 4.69) is 42.9 Å². The number of carbonyl (C=O) groups is 1. The van der Waals surface area contributed by atoms with E-state index >= 15 is 0 Å². The molecule has 152 valence electrons. The Kier molecular flexibility index (Phi) is 6.86. The SMILES string of the molecule is Cc1c(CN2CC(=O)N(CC(C)C)CC(OCc3ccccc3)C2)cnn1C. The summed E-state index contributed by atoms with van der Waals surface area (Å²) >= 11 is 0. The summed E-state index contributed by atoms with van der Waals surface area (Å²) in [5.74, 6) is 0.617. The molecule has 1 aliphatic rings. The molecule has 2 heterocycles. The molecule has 6 nitrogen and oxygen atoms in total. The second kappa shape index (κ2) is 9.34. The van der Waals surface area contributed by atoms with E-state index in [1.165, 1.54) is 0 Å². The Bertz CT molecular complexity index is 772. The van der Waals surface area contributed by atoms with Crippen LogP contribution in [0, 0.1) is 12.8 Å². The second-order valence-electron chi connectivity index (χ2n) is 8.16. The van der Waals surface area contributed by atoms with Crippen molar-refractivity contribution in [2.45, 2.75) is 40.0 Å². The van der Waals surface area contributed by atoms with Crippen LogP contribution in [0.15, 0.2) is 36.5 Å². The molecular formula is C22H32N4O2. The Morgan fingerprint density at radius 2 is 1.96 bits per heavy atom. The summed E-state index contributed by atoms with van der Waals surface area (Å²) in [4.78, 5) is 17.0. The van der Waals surface area contributed by atoms with Crippen molar-refractivity contribution in [2.75, 3.05) is 26.2 Å². The first-order valence-corrected chi connectivity index (χ1v) is 10.1. The summed E-state index contributed by atoms with van der Waals surface area (Å²) < 4.78 is 8.13. The summed E-state index contributed by atoms with van der Waals surface area (Å²) in [7, 11) is 1.95. The van der Waals surface area contributed by atoms with Gasteiger partial charge >= 0.3 is 0 Å². The normalized spacial score (nSPS) is 18.7. The van der Waals surface area contributed by atoms with Crippen LogP contribution >= 0.6 is 0 Å². The molecule has 2 aromatic rings. The van der Waals surface area contributed by atoms with Crippen LogP contribution in [0.1, 0.15) is 30.7 Å². The molecule has 1 aromatic heterocycles. The number of aryl methyl sites for hydroxylation is 1. The topological polar surface area (TPSA) is 50.6 Å². The third-order valence-electron chi connectivity index (χ3n) is 5.24. The summed E-state index contributed by atoms with van der Waals surface area (Å²) in [5, 5.41) is 4.34. The van der Waals surface area contributed by atoms with Gasteiger partial charge in [0.15, 0.2) is 0 Å². The number of ether oxygens (including phenoxy) is 1. The molecule has 0 N–H and O–H groups in total. The van der Waals surface area contributed by atoms with E-state index in [4.69, 9.17) is 4.74 Å². The van der Waals surface area contributed by atoms with Gasteiger partial charge in [0, 0.05) is 44.5 Å². The van der Waals surface area contributed by atoms with E-state index in [1.54, 1.807) is 0 Å². The summed E-state index contributed by atoms with van der Waals surface area (Å²) in [6, 6.07) is 10.2. The Morgan fingerprint density at radius 1 is 1.21 bits per heavy atom. The molecule has 1 saturated heterocycles. The average Bonchev–Trinajstić information content (AvgIpc) is 2.89. The van der Waals surface area contributed by atoms with Gasteiger partial charge in [-0.3, -0.25) is 14.4 Å². The van der Waals surface area contributed by atoms with Crippen molar-refractivity contribution in [3.8, 4) is 0 Å². The number of carbonyl (C=O) groups excluding carboxylic acids is 1. The fraction of sp³-hybridized carbons (Fsp3) is 0.545. The zero-order chi connectivity index (χ0) is 20.1. The van der Waals surface area contributed by atoms with E-state index in [1.807, 2.05) is 41.0 Å². The second-order valence-corrected chi connectivity index (χ2v) is 8.16. The summed E-state index contributed by atoms with van der Waals surface area (Å²) in [6.45, 7) is 10.2. The van der Waals surface area contributed by atoms with E-state index in [-0.39, 0.29) is 12.0 Å².